The van der Waals surface area contributed by atoms with Crippen LogP contribution in [-0.2, 0) is 0 Å². The molecule has 0 aliphatic rings. The van der Waals surface area contributed by atoms with E-state index in [0.29, 0.717) is 11.2 Å². The van der Waals surface area contributed by atoms with Crippen LogP contribution < -0.4 is 10.9 Å². The predicted octanol–water partition coefficient (Wildman–Crippen LogP) is 2.09. The standard InChI is InChI=1S/C14H12ClN5O3/c1-7(18-14(22)23)12-19-10-4-2-3-9(15)11(10)13(21)20(12)8-5-16-17-6-8/h2-7,18H,1H3,(H,16,17)(H,22,23). The molecule has 3 N–H and O–H groups in total. The van der Waals surface area contributed by atoms with Crippen molar-refractivity contribution in [3.8, 4) is 5.69 Å². The fourth-order valence-electron chi connectivity index (χ4n) is 2.36. The van der Waals surface area contributed by atoms with Crippen LogP contribution in [0, 0.1) is 0 Å². The smallest absolute Gasteiger partial charge is 0.405 e. The number of hydrogen-bond donors (Lipinski definition) is 3. The van der Waals surface area contributed by atoms with E-state index >= 15 is 0 Å². The first-order chi connectivity index (χ1) is 11.0. The van der Waals surface area contributed by atoms with Gasteiger partial charge in [0.2, 0.25) is 0 Å². The quantitative estimate of drug-likeness (QED) is 0.679. The van der Waals surface area contributed by atoms with Gasteiger partial charge in [-0.3, -0.25) is 14.5 Å². The number of aromatic nitrogens is 4. The number of benzene rings is 1. The van der Waals surface area contributed by atoms with Gasteiger partial charge in [0.15, 0.2) is 0 Å². The molecule has 9 heteroatoms. The van der Waals surface area contributed by atoms with Gasteiger partial charge in [0.1, 0.15) is 5.82 Å². The average Bonchev–Trinajstić information content (AvgIpc) is 3.00. The number of H-pyrrole nitrogens is 1. The Bertz CT molecular complexity index is 935. The molecule has 1 unspecified atom stereocenters. The number of rotatable bonds is 3. The number of nitrogens with one attached hydrogen (secondary N) is 2. The summed E-state index contributed by atoms with van der Waals surface area (Å²) in [7, 11) is 0. The minimum Gasteiger partial charge on any atom is -0.465 e. The lowest BCUT2D eigenvalue weighted by Crippen LogP contribution is -2.32. The molecule has 2 aromatic heterocycles. The monoisotopic (exact) mass is 333 g/mol. The normalized spacial score (nSPS) is 12.3. The number of nitrogens with zero attached hydrogens (tertiary/aromatic N) is 3. The second-order valence-corrected chi connectivity index (χ2v) is 5.28. The van der Waals surface area contributed by atoms with Gasteiger partial charge in [0.05, 0.1) is 33.9 Å². The fraction of sp³-hybridized carbons (Fsp3) is 0.143. The van der Waals surface area contributed by atoms with Crippen LogP contribution in [-0.4, -0.2) is 30.9 Å². The van der Waals surface area contributed by atoms with Gasteiger partial charge in [0.25, 0.3) is 5.56 Å². The third-order valence-electron chi connectivity index (χ3n) is 3.34. The van der Waals surface area contributed by atoms with Gasteiger partial charge in [-0.1, -0.05) is 17.7 Å². The maximum atomic E-state index is 12.9. The second-order valence-electron chi connectivity index (χ2n) is 4.87. The SMILES string of the molecule is CC(NC(=O)O)c1nc2cccc(Cl)c2c(=O)n1-c1cn[nH]c1. The summed E-state index contributed by atoms with van der Waals surface area (Å²) in [4.78, 5) is 28.2. The highest BCUT2D eigenvalue weighted by atomic mass is 35.5. The molecule has 3 aromatic rings. The van der Waals surface area contributed by atoms with E-state index in [0.717, 1.165) is 0 Å². The van der Waals surface area contributed by atoms with Crippen molar-refractivity contribution in [2.45, 2.75) is 13.0 Å². The number of carboxylic acid groups (broad SMARTS) is 1. The van der Waals surface area contributed by atoms with Crippen LogP contribution in [0.4, 0.5) is 4.79 Å². The van der Waals surface area contributed by atoms with Crippen molar-refractivity contribution in [3.63, 3.8) is 0 Å². The number of amides is 1. The molecule has 1 atom stereocenters. The van der Waals surface area contributed by atoms with Crippen LogP contribution >= 0.6 is 11.6 Å². The molecule has 0 saturated carbocycles. The Morgan fingerprint density at radius 2 is 2.26 bits per heavy atom. The Morgan fingerprint density at radius 1 is 1.48 bits per heavy atom. The minimum absolute atomic E-state index is 0.244. The number of carbonyl (C=O) groups is 1. The average molecular weight is 334 g/mol. The molecule has 118 valence electrons. The zero-order valence-electron chi connectivity index (χ0n) is 11.9. The largest absolute Gasteiger partial charge is 0.465 e. The maximum Gasteiger partial charge on any atom is 0.405 e. The third-order valence-corrected chi connectivity index (χ3v) is 3.66. The van der Waals surface area contributed by atoms with Crippen LogP contribution in [0.3, 0.4) is 0 Å². The molecule has 0 bridgehead atoms. The first kappa shape index (κ1) is 15.0. The van der Waals surface area contributed by atoms with Crippen LogP contribution in [0.25, 0.3) is 16.6 Å². The van der Waals surface area contributed by atoms with Crippen LogP contribution in [0.15, 0.2) is 35.4 Å². The summed E-state index contributed by atoms with van der Waals surface area (Å²) in [5.74, 6) is 0.244. The van der Waals surface area contributed by atoms with Gasteiger partial charge >= 0.3 is 6.09 Å². The molecule has 0 fully saturated rings. The molecular formula is C14H12ClN5O3. The summed E-state index contributed by atoms with van der Waals surface area (Å²) in [6.07, 6.45) is 1.75. The van der Waals surface area contributed by atoms with Gasteiger partial charge in [-0.05, 0) is 19.1 Å². The van der Waals surface area contributed by atoms with E-state index in [-0.39, 0.29) is 16.2 Å². The van der Waals surface area contributed by atoms with Crippen molar-refractivity contribution in [1.29, 1.82) is 0 Å². The van der Waals surface area contributed by atoms with Gasteiger partial charge in [-0.2, -0.15) is 5.10 Å². The molecule has 0 spiro atoms. The maximum absolute atomic E-state index is 12.9. The molecular weight excluding hydrogens is 322 g/mol. The van der Waals surface area contributed by atoms with Crippen LogP contribution in [0.1, 0.15) is 18.8 Å². The third kappa shape index (κ3) is 2.64. The van der Waals surface area contributed by atoms with Gasteiger partial charge in [-0.25, -0.2) is 9.78 Å². The Hall–Kier alpha value is -2.87. The van der Waals surface area contributed by atoms with E-state index < -0.39 is 17.7 Å². The zero-order chi connectivity index (χ0) is 16.6. The minimum atomic E-state index is -1.21. The summed E-state index contributed by atoms with van der Waals surface area (Å²) in [6.45, 7) is 1.60. The van der Waals surface area contributed by atoms with Crippen molar-refractivity contribution in [1.82, 2.24) is 25.1 Å². The zero-order valence-corrected chi connectivity index (χ0v) is 12.7. The van der Waals surface area contributed by atoms with Crippen molar-refractivity contribution in [2.24, 2.45) is 0 Å². The molecule has 0 saturated heterocycles. The number of aromatic amines is 1. The lowest BCUT2D eigenvalue weighted by Gasteiger charge is -2.17. The molecule has 0 radical (unpaired) electrons. The molecule has 1 amide bonds. The number of hydrogen-bond acceptors (Lipinski definition) is 4. The van der Waals surface area contributed by atoms with Gasteiger partial charge < -0.3 is 10.4 Å². The van der Waals surface area contributed by atoms with Crippen molar-refractivity contribution >= 4 is 28.6 Å². The van der Waals surface area contributed by atoms with E-state index in [9.17, 15) is 9.59 Å². The second kappa shape index (κ2) is 5.73. The Morgan fingerprint density at radius 3 is 2.91 bits per heavy atom. The lowest BCUT2D eigenvalue weighted by molar-refractivity contribution is 0.190. The summed E-state index contributed by atoms with van der Waals surface area (Å²) in [5.41, 5.74) is 0.450. The van der Waals surface area contributed by atoms with Crippen molar-refractivity contribution in [2.75, 3.05) is 0 Å². The van der Waals surface area contributed by atoms with Crippen LogP contribution in [0.2, 0.25) is 5.02 Å². The Kier molecular flexibility index (Phi) is 3.75. The highest BCUT2D eigenvalue weighted by Crippen LogP contribution is 2.22. The van der Waals surface area contributed by atoms with E-state index in [4.69, 9.17) is 16.7 Å². The summed E-state index contributed by atoms with van der Waals surface area (Å²) in [6, 6.07) is 4.22. The molecule has 8 nitrogen and oxygen atoms in total. The van der Waals surface area contributed by atoms with Crippen molar-refractivity contribution < 1.29 is 9.90 Å². The number of fused-ring (bicyclic) bond motifs is 1. The highest BCUT2D eigenvalue weighted by Gasteiger charge is 2.20. The number of halogens is 1. The molecule has 1 aromatic carbocycles. The topological polar surface area (TPSA) is 113 Å². The molecule has 0 aliphatic heterocycles. The van der Waals surface area contributed by atoms with Crippen LogP contribution in [0.5, 0.6) is 0 Å². The highest BCUT2D eigenvalue weighted by molar-refractivity contribution is 6.35. The molecule has 23 heavy (non-hydrogen) atoms. The summed E-state index contributed by atoms with van der Waals surface area (Å²) >= 11 is 6.13. The molecule has 3 rings (SSSR count). The van der Waals surface area contributed by atoms with Gasteiger partial charge in [0, 0.05) is 6.20 Å². The summed E-state index contributed by atoms with van der Waals surface area (Å²) < 4.78 is 1.29. The van der Waals surface area contributed by atoms with E-state index in [1.54, 1.807) is 25.1 Å². The van der Waals surface area contributed by atoms with E-state index in [1.807, 2.05) is 0 Å². The van der Waals surface area contributed by atoms with E-state index in [1.165, 1.54) is 17.0 Å². The molecule has 0 aliphatic carbocycles. The first-order valence-electron chi connectivity index (χ1n) is 6.69. The Balaban J connectivity index is 2.36. The molecule has 2 heterocycles. The summed E-state index contributed by atoms with van der Waals surface area (Å²) in [5, 5.41) is 18.2. The lowest BCUT2D eigenvalue weighted by atomic mass is 10.2. The van der Waals surface area contributed by atoms with Crippen molar-refractivity contribution in [3.05, 3.63) is 51.8 Å². The van der Waals surface area contributed by atoms with E-state index in [2.05, 4.69) is 20.5 Å². The van der Waals surface area contributed by atoms with Gasteiger partial charge in [-0.15, -0.1) is 0 Å². The fourth-order valence-corrected chi connectivity index (χ4v) is 2.61. The first-order valence-corrected chi connectivity index (χ1v) is 7.06. The predicted molar refractivity (Wildman–Crippen MR) is 84.1 cm³/mol. The Labute approximate surface area is 134 Å².